The van der Waals surface area contributed by atoms with Gasteiger partial charge in [0.15, 0.2) is 0 Å². The normalized spacial score (nSPS) is 10.9. The Morgan fingerprint density at radius 2 is 1.93 bits per heavy atom. The first-order valence-corrected chi connectivity index (χ1v) is 8.99. The summed E-state index contributed by atoms with van der Waals surface area (Å²) in [6.07, 6.45) is 0.799. The number of carbonyl (C=O) groups is 1. The molecule has 142 valence electrons. The lowest BCUT2D eigenvalue weighted by Crippen LogP contribution is -2.25. The molecule has 1 N–H and O–H groups in total. The van der Waals surface area contributed by atoms with Gasteiger partial charge in [0.25, 0.3) is 5.91 Å². The van der Waals surface area contributed by atoms with Gasteiger partial charge in [0.05, 0.1) is 31.2 Å². The zero-order chi connectivity index (χ0) is 19.2. The van der Waals surface area contributed by atoms with Crippen molar-refractivity contribution in [3.05, 3.63) is 59.2 Å². The first-order chi connectivity index (χ1) is 13.1. The molecule has 0 saturated carbocycles. The summed E-state index contributed by atoms with van der Waals surface area (Å²) in [4.78, 5) is 12.5. The van der Waals surface area contributed by atoms with E-state index in [0.717, 1.165) is 17.3 Å². The molecule has 0 unspecified atom stereocenters. The van der Waals surface area contributed by atoms with Crippen molar-refractivity contribution in [2.75, 3.05) is 27.4 Å². The molecule has 0 fully saturated rings. The number of aryl methyl sites for hydroxylation is 1. The molecule has 0 aliphatic rings. The van der Waals surface area contributed by atoms with Crippen molar-refractivity contribution in [2.45, 2.75) is 19.9 Å². The van der Waals surface area contributed by atoms with Crippen LogP contribution in [0.4, 0.5) is 0 Å². The van der Waals surface area contributed by atoms with E-state index in [1.165, 1.54) is 11.1 Å². The minimum atomic E-state index is -0.102. The van der Waals surface area contributed by atoms with Gasteiger partial charge in [-0.15, -0.1) is 0 Å². The van der Waals surface area contributed by atoms with E-state index in [1.54, 1.807) is 31.0 Å². The molecular weight excluding hydrogens is 342 g/mol. The van der Waals surface area contributed by atoms with Crippen LogP contribution in [0, 0.1) is 6.92 Å². The third-order valence-electron chi connectivity index (χ3n) is 4.47. The van der Waals surface area contributed by atoms with Crippen LogP contribution >= 0.6 is 0 Å². The van der Waals surface area contributed by atoms with E-state index in [2.05, 4.69) is 41.6 Å². The molecule has 0 saturated heterocycles. The van der Waals surface area contributed by atoms with Crippen molar-refractivity contribution in [2.24, 2.45) is 0 Å². The van der Waals surface area contributed by atoms with E-state index in [0.29, 0.717) is 31.1 Å². The number of ether oxygens (including phenoxy) is 2. The van der Waals surface area contributed by atoms with Crippen LogP contribution in [0.15, 0.2) is 42.5 Å². The third kappa shape index (κ3) is 4.46. The molecule has 1 amide bonds. The summed E-state index contributed by atoms with van der Waals surface area (Å²) < 4.78 is 12.3. The van der Waals surface area contributed by atoms with Gasteiger partial charge in [0, 0.05) is 19.2 Å². The molecule has 0 atom stereocenters. The summed E-state index contributed by atoms with van der Waals surface area (Å²) in [6.45, 7) is 3.78. The summed E-state index contributed by atoms with van der Waals surface area (Å²) in [7, 11) is 3.26. The molecule has 0 spiro atoms. The average molecular weight is 367 g/mol. The molecule has 3 aromatic rings. The Hall–Kier alpha value is -2.86. The van der Waals surface area contributed by atoms with Gasteiger partial charge in [-0.2, -0.15) is 5.10 Å². The Labute approximate surface area is 159 Å². The number of methoxy groups -OCH3 is 2. The quantitative estimate of drug-likeness (QED) is 0.665. The van der Waals surface area contributed by atoms with Crippen molar-refractivity contribution >= 4 is 16.8 Å². The number of nitrogens with zero attached hydrogens (tertiary/aromatic N) is 2. The fourth-order valence-electron chi connectivity index (χ4n) is 2.97. The van der Waals surface area contributed by atoms with Crippen LogP contribution in [0.5, 0.6) is 5.88 Å². The second kappa shape index (κ2) is 8.68. The highest BCUT2D eigenvalue weighted by atomic mass is 16.5. The Morgan fingerprint density at radius 1 is 1.15 bits per heavy atom. The van der Waals surface area contributed by atoms with Gasteiger partial charge in [-0.1, -0.05) is 29.8 Å². The fraction of sp³-hybridized carbons (Fsp3) is 0.333. The van der Waals surface area contributed by atoms with Gasteiger partial charge in [-0.05, 0) is 37.1 Å². The number of hydrogen-bond donors (Lipinski definition) is 1. The van der Waals surface area contributed by atoms with E-state index < -0.39 is 0 Å². The minimum absolute atomic E-state index is 0.102. The van der Waals surface area contributed by atoms with Gasteiger partial charge >= 0.3 is 0 Å². The van der Waals surface area contributed by atoms with Crippen molar-refractivity contribution in [3.63, 3.8) is 0 Å². The lowest BCUT2D eigenvalue weighted by Gasteiger charge is -2.06. The van der Waals surface area contributed by atoms with E-state index >= 15 is 0 Å². The summed E-state index contributed by atoms with van der Waals surface area (Å²) in [5.74, 6) is 0.572. The highest BCUT2D eigenvalue weighted by Gasteiger charge is 2.14. The lowest BCUT2D eigenvalue weighted by molar-refractivity contribution is 0.0954. The Balaban J connectivity index is 1.68. The van der Waals surface area contributed by atoms with Gasteiger partial charge in [0.1, 0.15) is 0 Å². The number of benzene rings is 2. The largest absolute Gasteiger partial charge is 0.481 e. The Morgan fingerprint density at radius 3 is 2.63 bits per heavy atom. The number of rotatable bonds is 8. The number of hydrogen-bond acceptors (Lipinski definition) is 4. The highest BCUT2D eigenvalue weighted by Crippen LogP contribution is 2.26. The summed E-state index contributed by atoms with van der Waals surface area (Å²) >= 11 is 0. The van der Waals surface area contributed by atoms with Crippen LogP contribution in [0.2, 0.25) is 0 Å². The number of carbonyl (C=O) groups excluding carboxylic acids is 1. The van der Waals surface area contributed by atoms with E-state index in [4.69, 9.17) is 9.47 Å². The summed E-state index contributed by atoms with van der Waals surface area (Å²) in [5.41, 5.74) is 3.76. The maximum atomic E-state index is 12.5. The van der Waals surface area contributed by atoms with Crippen molar-refractivity contribution in [3.8, 4) is 5.88 Å². The van der Waals surface area contributed by atoms with Crippen LogP contribution in [-0.2, 0) is 17.7 Å². The predicted octanol–water partition coefficient (Wildman–Crippen LogP) is 2.97. The molecule has 0 bridgehead atoms. The molecule has 3 rings (SSSR count). The first kappa shape index (κ1) is 18.9. The maximum Gasteiger partial charge on any atom is 0.251 e. The fourth-order valence-corrected chi connectivity index (χ4v) is 2.97. The summed E-state index contributed by atoms with van der Waals surface area (Å²) in [6, 6.07) is 13.8. The standard InChI is InChI=1S/C21H25N3O3/c1-15-4-6-16(7-5-15)10-11-22-20(25)17-8-9-18-19(14-17)23-24(12-13-26-2)21(18)27-3/h4-9,14H,10-13H2,1-3H3,(H,22,25). The molecule has 0 aliphatic heterocycles. The third-order valence-corrected chi connectivity index (χ3v) is 4.47. The second-order valence-corrected chi connectivity index (χ2v) is 6.45. The molecule has 27 heavy (non-hydrogen) atoms. The molecule has 1 aromatic heterocycles. The van der Waals surface area contributed by atoms with E-state index in [9.17, 15) is 4.79 Å². The minimum Gasteiger partial charge on any atom is -0.481 e. The number of nitrogens with one attached hydrogen (secondary N) is 1. The van der Waals surface area contributed by atoms with Gasteiger partial charge in [0.2, 0.25) is 5.88 Å². The highest BCUT2D eigenvalue weighted by molar-refractivity contribution is 5.98. The molecular formula is C21H25N3O3. The second-order valence-electron chi connectivity index (χ2n) is 6.45. The van der Waals surface area contributed by atoms with Crippen LogP contribution in [0.3, 0.4) is 0 Å². The zero-order valence-electron chi connectivity index (χ0n) is 16.0. The first-order valence-electron chi connectivity index (χ1n) is 8.99. The van der Waals surface area contributed by atoms with Crippen molar-refractivity contribution in [1.29, 1.82) is 0 Å². The molecule has 6 nitrogen and oxygen atoms in total. The topological polar surface area (TPSA) is 65.4 Å². The molecule has 6 heteroatoms. The Bertz CT molecular complexity index is 916. The van der Waals surface area contributed by atoms with Gasteiger partial charge < -0.3 is 14.8 Å². The lowest BCUT2D eigenvalue weighted by atomic mass is 10.1. The SMILES string of the molecule is COCCn1nc2cc(C(=O)NCCc3ccc(C)cc3)ccc2c1OC. The number of fused-ring (bicyclic) bond motifs is 1. The van der Waals surface area contributed by atoms with E-state index in [1.807, 2.05) is 6.07 Å². The number of amides is 1. The maximum absolute atomic E-state index is 12.5. The van der Waals surface area contributed by atoms with Gasteiger partial charge in [-0.25, -0.2) is 4.68 Å². The van der Waals surface area contributed by atoms with Crippen molar-refractivity contribution in [1.82, 2.24) is 15.1 Å². The smallest absolute Gasteiger partial charge is 0.251 e. The molecule has 0 aliphatic carbocycles. The summed E-state index contributed by atoms with van der Waals surface area (Å²) in [5, 5.41) is 8.38. The Kier molecular flexibility index (Phi) is 6.08. The predicted molar refractivity (Wildman–Crippen MR) is 105 cm³/mol. The molecule has 0 radical (unpaired) electrons. The molecule has 1 heterocycles. The van der Waals surface area contributed by atoms with Crippen LogP contribution in [0.1, 0.15) is 21.5 Å². The monoisotopic (exact) mass is 367 g/mol. The van der Waals surface area contributed by atoms with Crippen LogP contribution in [-0.4, -0.2) is 43.1 Å². The zero-order valence-corrected chi connectivity index (χ0v) is 16.0. The molecule has 2 aromatic carbocycles. The van der Waals surface area contributed by atoms with Crippen LogP contribution < -0.4 is 10.1 Å². The van der Waals surface area contributed by atoms with Crippen LogP contribution in [0.25, 0.3) is 10.9 Å². The number of aromatic nitrogens is 2. The van der Waals surface area contributed by atoms with Crippen molar-refractivity contribution < 1.29 is 14.3 Å². The van der Waals surface area contributed by atoms with Gasteiger partial charge in [-0.3, -0.25) is 4.79 Å². The van der Waals surface area contributed by atoms with E-state index in [-0.39, 0.29) is 5.91 Å². The average Bonchev–Trinajstić information content (AvgIpc) is 3.04.